The Balaban J connectivity index is 1.69. The highest BCUT2D eigenvalue weighted by atomic mass is 16.5. The Hall–Kier alpha value is -3.73. The van der Waals surface area contributed by atoms with Gasteiger partial charge in [-0.2, -0.15) is 0 Å². The zero-order valence-corrected chi connectivity index (χ0v) is 13.6. The van der Waals surface area contributed by atoms with Crippen LogP contribution in [0.4, 0.5) is 0 Å². The monoisotopic (exact) mass is 343 g/mol. The van der Waals surface area contributed by atoms with Crippen LogP contribution in [0.5, 0.6) is 5.75 Å². The zero-order chi connectivity index (χ0) is 17.9. The average Bonchev–Trinajstić information content (AvgIpc) is 2.69. The Labute approximate surface area is 148 Å². The van der Waals surface area contributed by atoms with E-state index in [9.17, 15) is 9.59 Å². The molecule has 0 radical (unpaired) electrons. The SMILES string of the molecule is O=C(Oc1ccc2c(=O)c(-c3ccccc3)coc2c1)c1cccnc1. The van der Waals surface area contributed by atoms with Gasteiger partial charge in [-0.1, -0.05) is 30.3 Å². The van der Waals surface area contributed by atoms with E-state index in [0.717, 1.165) is 5.56 Å². The zero-order valence-electron chi connectivity index (χ0n) is 13.6. The molecule has 26 heavy (non-hydrogen) atoms. The van der Waals surface area contributed by atoms with E-state index in [1.165, 1.54) is 18.5 Å². The number of carbonyl (C=O) groups is 1. The van der Waals surface area contributed by atoms with Gasteiger partial charge in [-0.15, -0.1) is 0 Å². The number of fused-ring (bicyclic) bond motifs is 1. The summed E-state index contributed by atoms with van der Waals surface area (Å²) in [6.07, 6.45) is 4.42. The molecular weight excluding hydrogens is 330 g/mol. The molecule has 4 rings (SSSR count). The van der Waals surface area contributed by atoms with Crippen LogP contribution in [-0.4, -0.2) is 11.0 Å². The molecule has 2 aromatic heterocycles. The number of esters is 1. The van der Waals surface area contributed by atoms with Crippen LogP contribution >= 0.6 is 0 Å². The van der Waals surface area contributed by atoms with Crippen molar-refractivity contribution in [2.24, 2.45) is 0 Å². The summed E-state index contributed by atoms with van der Waals surface area (Å²) < 4.78 is 10.9. The fraction of sp³-hybridized carbons (Fsp3) is 0. The van der Waals surface area contributed by atoms with Crippen molar-refractivity contribution in [2.75, 3.05) is 0 Å². The van der Waals surface area contributed by atoms with Crippen molar-refractivity contribution in [1.29, 1.82) is 0 Å². The molecule has 5 nitrogen and oxygen atoms in total. The maximum absolute atomic E-state index is 12.7. The summed E-state index contributed by atoms with van der Waals surface area (Å²) in [7, 11) is 0. The quantitative estimate of drug-likeness (QED) is 0.414. The largest absolute Gasteiger partial charge is 0.463 e. The molecule has 2 aromatic carbocycles. The van der Waals surface area contributed by atoms with Gasteiger partial charge in [-0.05, 0) is 29.8 Å². The Kier molecular flexibility index (Phi) is 4.03. The van der Waals surface area contributed by atoms with Crippen molar-refractivity contribution >= 4 is 16.9 Å². The second-order valence-electron chi connectivity index (χ2n) is 5.63. The predicted molar refractivity (Wildman–Crippen MR) is 97.1 cm³/mol. The molecule has 4 aromatic rings. The maximum atomic E-state index is 12.7. The van der Waals surface area contributed by atoms with E-state index in [1.54, 1.807) is 30.5 Å². The lowest BCUT2D eigenvalue weighted by Gasteiger charge is -2.06. The molecule has 0 aliphatic rings. The Morgan fingerprint density at radius 3 is 2.62 bits per heavy atom. The predicted octanol–water partition coefficient (Wildman–Crippen LogP) is 4.07. The molecule has 0 aliphatic carbocycles. The highest BCUT2D eigenvalue weighted by molar-refractivity contribution is 5.91. The number of aromatic nitrogens is 1. The minimum absolute atomic E-state index is 0.136. The Morgan fingerprint density at radius 1 is 1.00 bits per heavy atom. The van der Waals surface area contributed by atoms with Crippen molar-refractivity contribution in [1.82, 2.24) is 4.98 Å². The number of rotatable bonds is 3. The molecule has 0 atom stereocenters. The van der Waals surface area contributed by atoms with E-state index < -0.39 is 5.97 Å². The molecule has 0 fully saturated rings. The minimum atomic E-state index is -0.527. The highest BCUT2D eigenvalue weighted by Crippen LogP contribution is 2.23. The molecule has 126 valence electrons. The first-order chi connectivity index (χ1) is 12.7. The molecule has 2 heterocycles. The van der Waals surface area contributed by atoms with E-state index in [-0.39, 0.29) is 5.43 Å². The second-order valence-corrected chi connectivity index (χ2v) is 5.63. The summed E-state index contributed by atoms with van der Waals surface area (Å²) in [6.45, 7) is 0. The Morgan fingerprint density at radius 2 is 1.85 bits per heavy atom. The van der Waals surface area contributed by atoms with Gasteiger partial charge in [0.1, 0.15) is 17.6 Å². The second kappa shape index (κ2) is 6.64. The number of carbonyl (C=O) groups excluding carboxylic acids is 1. The number of hydrogen-bond donors (Lipinski definition) is 0. The van der Waals surface area contributed by atoms with E-state index in [0.29, 0.717) is 27.8 Å². The summed E-state index contributed by atoms with van der Waals surface area (Å²) in [5.41, 5.74) is 1.83. The van der Waals surface area contributed by atoms with E-state index in [4.69, 9.17) is 9.15 Å². The van der Waals surface area contributed by atoms with E-state index in [2.05, 4.69) is 4.98 Å². The van der Waals surface area contributed by atoms with Crippen LogP contribution in [0.3, 0.4) is 0 Å². The summed E-state index contributed by atoms with van der Waals surface area (Å²) in [4.78, 5) is 28.7. The van der Waals surface area contributed by atoms with Gasteiger partial charge in [0.2, 0.25) is 0 Å². The maximum Gasteiger partial charge on any atom is 0.345 e. The fourth-order valence-electron chi connectivity index (χ4n) is 2.64. The van der Waals surface area contributed by atoms with Gasteiger partial charge in [-0.25, -0.2) is 4.79 Å². The van der Waals surface area contributed by atoms with Crippen LogP contribution < -0.4 is 10.2 Å². The Bertz CT molecular complexity index is 1130. The van der Waals surface area contributed by atoms with Gasteiger partial charge in [0.05, 0.1) is 16.5 Å². The lowest BCUT2D eigenvalue weighted by Crippen LogP contribution is -2.09. The third-order valence-electron chi connectivity index (χ3n) is 3.94. The lowest BCUT2D eigenvalue weighted by atomic mass is 10.1. The number of hydrogen-bond acceptors (Lipinski definition) is 5. The molecule has 0 spiro atoms. The number of benzene rings is 2. The molecule has 0 saturated carbocycles. The highest BCUT2D eigenvalue weighted by Gasteiger charge is 2.12. The summed E-state index contributed by atoms with van der Waals surface area (Å²) in [5.74, 6) is -0.234. The van der Waals surface area contributed by atoms with Gasteiger partial charge in [0.15, 0.2) is 5.43 Å². The lowest BCUT2D eigenvalue weighted by molar-refractivity contribution is 0.0734. The van der Waals surface area contributed by atoms with Crippen molar-refractivity contribution in [3.05, 3.63) is 95.1 Å². The first kappa shape index (κ1) is 15.8. The molecule has 0 amide bonds. The summed E-state index contributed by atoms with van der Waals surface area (Å²) >= 11 is 0. The third kappa shape index (κ3) is 2.98. The normalized spacial score (nSPS) is 10.6. The summed E-state index contributed by atoms with van der Waals surface area (Å²) in [6, 6.07) is 17.3. The first-order valence-electron chi connectivity index (χ1n) is 7.95. The van der Waals surface area contributed by atoms with Crippen LogP contribution in [0.15, 0.2) is 88.5 Å². The minimum Gasteiger partial charge on any atom is -0.463 e. The third-order valence-corrected chi connectivity index (χ3v) is 3.94. The number of ether oxygens (including phenoxy) is 1. The van der Waals surface area contributed by atoms with Crippen molar-refractivity contribution in [3.63, 3.8) is 0 Å². The van der Waals surface area contributed by atoms with Crippen molar-refractivity contribution < 1.29 is 13.9 Å². The molecule has 0 N–H and O–H groups in total. The molecule has 0 bridgehead atoms. The van der Waals surface area contributed by atoms with E-state index in [1.807, 2.05) is 30.3 Å². The van der Waals surface area contributed by atoms with Crippen LogP contribution in [0.2, 0.25) is 0 Å². The average molecular weight is 343 g/mol. The van der Waals surface area contributed by atoms with Crippen molar-refractivity contribution in [2.45, 2.75) is 0 Å². The van der Waals surface area contributed by atoms with Gasteiger partial charge >= 0.3 is 5.97 Å². The smallest absolute Gasteiger partial charge is 0.345 e. The number of pyridine rings is 1. The van der Waals surface area contributed by atoms with Crippen LogP contribution in [0.1, 0.15) is 10.4 Å². The fourth-order valence-corrected chi connectivity index (χ4v) is 2.64. The van der Waals surface area contributed by atoms with Crippen LogP contribution in [0.25, 0.3) is 22.1 Å². The van der Waals surface area contributed by atoms with Gasteiger partial charge < -0.3 is 9.15 Å². The van der Waals surface area contributed by atoms with Crippen LogP contribution in [0, 0.1) is 0 Å². The number of nitrogens with zero attached hydrogens (tertiary/aromatic N) is 1. The van der Waals surface area contributed by atoms with Crippen LogP contribution in [-0.2, 0) is 0 Å². The molecule has 5 heteroatoms. The topological polar surface area (TPSA) is 69.4 Å². The molecule has 0 aliphatic heterocycles. The van der Waals surface area contributed by atoms with Gasteiger partial charge in [-0.3, -0.25) is 9.78 Å². The summed E-state index contributed by atoms with van der Waals surface area (Å²) in [5, 5.41) is 0.424. The van der Waals surface area contributed by atoms with Crippen molar-refractivity contribution in [3.8, 4) is 16.9 Å². The molecular formula is C21H13NO4. The standard InChI is InChI=1S/C21H13NO4/c23-20-17-9-8-16(26-21(24)15-7-4-10-22-12-15)11-19(17)25-13-18(20)14-5-2-1-3-6-14/h1-13H. The molecule has 0 saturated heterocycles. The van der Waals surface area contributed by atoms with Gasteiger partial charge in [0.25, 0.3) is 0 Å². The first-order valence-corrected chi connectivity index (χ1v) is 7.95. The molecule has 0 unspecified atom stereocenters. The van der Waals surface area contributed by atoms with Gasteiger partial charge in [0, 0.05) is 18.5 Å². The van der Waals surface area contributed by atoms with E-state index >= 15 is 0 Å².